The molecule has 1 aromatic rings. The maximum absolute atomic E-state index is 12.9. The molecule has 0 aliphatic carbocycles. The third kappa shape index (κ3) is 8.56. The van der Waals surface area contributed by atoms with E-state index in [9.17, 15) is 19.2 Å². The summed E-state index contributed by atoms with van der Waals surface area (Å²) >= 11 is 0. The molecule has 1 aromatic carbocycles. The van der Waals surface area contributed by atoms with Crippen molar-refractivity contribution in [2.75, 3.05) is 14.2 Å². The summed E-state index contributed by atoms with van der Waals surface area (Å²) in [5.74, 6) is -1.30. The van der Waals surface area contributed by atoms with E-state index in [4.69, 9.17) is 18.9 Å². The van der Waals surface area contributed by atoms with Crippen molar-refractivity contribution in [2.24, 2.45) is 0 Å². The van der Waals surface area contributed by atoms with Gasteiger partial charge in [0.15, 0.2) is 0 Å². The highest BCUT2D eigenvalue weighted by molar-refractivity contribution is 5.94. The summed E-state index contributed by atoms with van der Waals surface area (Å²) < 4.78 is 20.3. The largest absolute Gasteiger partial charge is 0.467 e. The molecule has 0 fully saturated rings. The quantitative estimate of drug-likeness (QED) is 0.469. The third-order valence-electron chi connectivity index (χ3n) is 4.02. The standard InChI is InChI=1S/C23H33NO8/c1-22(2,3)31-20(27)24(21(28)32-23(4,5)6)17(19(26)30-8)13-12-15-10-9-11-16(14-15)18(25)29-7/h9-11,14,17H,12-13H2,1-8H3. The van der Waals surface area contributed by atoms with Crippen molar-refractivity contribution in [3.05, 3.63) is 35.4 Å². The molecule has 178 valence electrons. The Labute approximate surface area is 188 Å². The van der Waals surface area contributed by atoms with Crippen LogP contribution in [0.1, 0.15) is 63.9 Å². The van der Waals surface area contributed by atoms with E-state index in [0.29, 0.717) is 16.0 Å². The zero-order valence-corrected chi connectivity index (χ0v) is 20.0. The van der Waals surface area contributed by atoms with Crippen LogP contribution in [-0.4, -0.2) is 60.5 Å². The molecular weight excluding hydrogens is 418 g/mol. The lowest BCUT2D eigenvalue weighted by Crippen LogP contribution is -2.52. The van der Waals surface area contributed by atoms with Crippen LogP contribution in [0.25, 0.3) is 0 Å². The number of imide groups is 1. The van der Waals surface area contributed by atoms with Gasteiger partial charge in [0.1, 0.15) is 17.2 Å². The Kier molecular flexibility index (Phi) is 9.23. The van der Waals surface area contributed by atoms with E-state index in [-0.39, 0.29) is 12.8 Å². The maximum Gasteiger partial charge on any atom is 0.420 e. The molecule has 0 bridgehead atoms. The molecule has 0 aliphatic rings. The van der Waals surface area contributed by atoms with Crippen LogP contribution >= 0.6 is 0 Å². The highest BCUT2D eigenvalue weighted by Crippen LogP contribution is 2.21. The minimum atomic E-state index is -1.30. The van der Waals surface area contributed by atoms with Crippen molar-refractivity contribution < 1.29 is 38.1 Å². The minimum Gasteiger partial charge on any atom is -0.467 e. The number of carbonyl (C=O) groups is 4. The zero-order valence-electron chi connectivity index (χ0n) is 20.0. The van der Waals surface area contributed by atoms with Gasteiger partial charge in [-0.2, -0.15) is 4.90 Å². The molecule has 9 nitrogen and oxygen atoms in total. The number of hydrogen-bond donors (Lipinski definition) is 0. The number of hydrogen-bond acceptors (Lipinski definition) is 8. The van der Waals surface area contributed by atoms with Gasteiger partial charge in [-0.15, -0.1) is 0 Å². The highest BCUT2D eigenvalue weighted by Gasteiger charge is 2.40. The van der Waals surface area contributed by atoms with Gasteiger partial charge < -0.3 is 18.9 Å². The molecule has 32 heavy (non-hydrogen) atoms. The van der Waals surface area contributed by atoms with Crippen molar-refractivity contribution in [1.29, 1.82) is 0 Å². The van der Waals surface area contributed by atoms with Gasteiger partial charge >= 0.3 is 24.1 Å². The Morgan fingerprint density at radius 2 is 1.41 bits per heavy atom. The molecule has 0 saturated carbocycles. The molecule has 0 radical (unpaired) electrons. The number of amides is 2. The second-order valence-corrected chi connectivity index (χ2v) is 9.10. The lowest BCUT2D eigenvalue weighted by atomic mass is 10.0. The average Bonchev–Trinajstić information content (AvgIpc) is 2.67. The minimum absolute atomic E-state index is 0.0236. The molecule has 0 saturated heterocycles. The number of rotatable bonds is 6. The lowest BCUT2D eigenvalue weighted by Gasteiger charge is -2.32. The average molecular weight is 452 g/mol. The predicted molar refractivity (Wildman–Crippen MR) is 116 cm³/mol. The van der Waals surface area contributed by atoms with Crippen molar-refractivity contribution in [1.82, 2.24) is 4.90 Å². The van der Waals surface area contributed by atoms with E-state index >= 15 is 0 Å². The second kappa shape index (κ2) is 11.0. The smallest absolute Gasteiger partial charge is 0.420 e. The number of benzene rings is 1. The molecule has 0 aliphatic heterocycles. The van der Waals surface area contributed by atoms with E-state index < -0.39 is 41.4 Å². The van der Waals surface area contributed by atoms with Gasteiger partial charge in [-0.3, -0.25) is 0 Å². The van der Waals surface area contributed by atoms with Crippen LogP contribution in [-0.2, 0) is 30.2 Å². The first-order chi connectivity index (χ1) is 14.7. The molecule has 0 spiro atoms. The van der Waals surface area contributed by atoms with E-state index in [1.807, 2.05) is 0 Å². The van der Waals surface area contributed by atoms with Crippen LogP contribution in [0.5, 0.6) is 0 Å². The fraction of sp³-hybridized carbons (Fsp3) is 0.565. The monoisotopic (exact) mass is 451 g/mol. The SMILES string of the molecule is COC(=O)c1cccc(CCC(C(=O)OC)N(C(=O)OC(C)(C)C)C(=O)OC(C)(C)C)c1. The van der Waals surface area contributed by atoms with E-state index in [1.54, 1.807) is 65.8 Å². The first kappa shape index (κ1) is 26.9. The van der Waals surface area contributed by atoms with Crippen LogP contribution in [0, 0.1) is 0 Å². The molecule has 2 amide bonds. The van der Waals surface area contributed by atoms with Gasteiger partial charge in [0.2, 0.25) is 0 Å². The van der Waals surface area contributed by atoms with E-state index in [2.05, 4.69) is 0 Å². The summed E-state index contributed by atoms with van der Waals surface area (Å²) in [5, 5.41) is 0. The zero-order chi connectivity index (χ0) is 24.7. The second-order valence-electron chi connectivity index (χ2n) is 9.10. The lowest BCUT2D eigenvalue weighted by molar-refractivity contribution is -0.146. The van der Waals surface area contributed by atoms with Crippen molar-refractivity contribution in [2.45, 2.75) is 71.6 Å². The molecule has 0 N–H and O–H groups in total. The Hall–Kier alpha value is -3.10. The van der Waals surface area contributed by atoms with Gasteiger partial charge in [-0.25, -0.2) is 19.2 Å². The molecule has 9 heteroatoms. The van der Waals surface area contributed by atoms with Crippen molar-refractivity contribution in [3.63, 3.8) is 0 Å². The Morgan fingerprint density at radius 3 is 1.84 bits per heavy atom. The van der Waals surface area contributed by atoms with Crippen molar-refractivity contribution in [3.8, 4) is 0 Å². The number of nitrogens with zero attached hydrogens (tertiary/aromatic N) is 1. The van der Waals surface area contributed by atoms with Gasteiger partial charge in [0.05, 0.1) is 19.8 Å². The molecule has 1 atom stereocenters. The van der Waals surface area contributed by atoms with Crippen molar-refractivity contribution >= 4 is 24.1 Å². The van der Waals surface area contributed by atoms with Gasteiger partial charge in [-0.05, 0) is 72.1 Å². The summed E-state index contributed by atoms with van der Waals surface area (Å²) in [5.41, 5.74) is -0.773. The summed E-state index contributed by atoms with van der Waals surface area (Å²) in [6.07, 6.45) is -1.77. The highest BCUT2D eigenvalue weighted by atomic mass is 16.6. The number of ether oxygens (including phenoxy) is 4. The van der Waals surface area contributed by atoms with Gasteiger partial charge in [0.25, 0.3) is 0 Å². The van der Waals surface area contributed by atoms with Crippen LogP contribution in [0.3, 0.4) is 0 Å². The van der Waals surface area contributed by atoms with Gasteiger partial charge in [-0.1, -0.05) is 12.1 Å². The fourth-order valence-corrected chi connectivity index (χ4v) is 2.71. The van der Waals surface area contributed by atoms with E-state index in [1.165, 1.54) is 7.11 Å². The van der Waals surface area contributed by atoms with Crippen LogP contribution < -0.4 is 0 Å². The number of methoxy groups -OCH3 is 2. The molecule has 0 heterocycles. The summed E-state index contributed by atoms with van der Waals surface area (Å²) in [6, 6.07) is 5.35. The van der Waals surface area contributed by atoms with E-state index in [0.717, 1.165) is 7.11 Å². The van der Waals surface area contributed by atoms with Crippen LogP contribution in [0.4, 0.5) is 9.59 Å². The maximum atomic E-state index is 12.9. The predicted octanol–water partition coefficient (Wildman–Crippen LogP) is 4.12. The summed E-state index contributed by atoms with van der Waals surface area (Å²) in [6.45, 7) is 9.85. The summed E-state index contributed by atoms with van der Waals surface area (Å²) in [4.78, 5) is 50.8. The fourth-order valence-electron chi connectivity index (χ4n) is 2.71. The molecular formula is C23H33NO8. The first-order valence-corrected chi connectivity index (χ1v) is 10.2. The molecule has 1 unspecified atom stereocenters. The number of carbonyl (C=O) groups excluding carboxylic acids is 4. The topological polar surface area (TPSA) is 108 Å². The van der Waals surface area contributed by atoms with Crippen LogP contribution in [0.15, 0.2) is 24.3 Å². The van der Waals surface area contributed by atoms with Gasteiger partial charge in [0, 0.05) is 0 Å². The van der Waals surface area contributed by atoms with Crippen LogP contribution in [0.2, 0.25) is 0 Å². The number of aryl methyl sites for hydroxylation is 1. The molecule has 0 aromatic heterocycles. The third-order valence-corrected chi connectivity index (χ3v) is 4.02. The normalized spacial score (nSPS) is 12.4. The Bertz CT molecular complexity index is 807. The summed E-state index contributed by atoms with van der Waals surface area (Å²) in [7, 11) is 2.44. The molecule has 1 rings (SSSR count). The number of esters is 2. The first-order valence-electron chi connectivity index (χ1n) is 10.2. The Morgan fingerprint density at radius 1 is 0.875 bits per heavy atom. The Balaban J connectivity index is 3.25.